The van der Waals surface area contributed by atoms with Crippen LogP contribution in [0.5, 0.6) is 5.75 Å². The number of halogens is 2. The van der Waals surface area contributed by atoms with Gasteiger partial charge >= 0.3 is 0 Å². The van der Waals surface area contributed by atoms with Gasteiger partial charge in [0.15, 0.2) is 0 Å². The molecule has 1 unspecified atom stereocenters. The van der Waals surface area contributed by atoms with Crippen LogP contribution in [0.4, 0.5) is 15.8 Å². The number of ether oxygens (including phenoxy) is 1. The summed E-state index contributed by atoms with van der Waals surface area (Å²) in [5.74, 6) is -0.0111. The zero-order valence-corrected chi connectivity index (χ0v) is 15.4. The first kappa shape index (κ1) is 19.8. The van der Waals surface area contributed by atoms with Crippen molar-refractivity contribution in [2.75, 3.05) is 17.9 Å². The van der Waals surface area contributed by atoms with Gasteiger partial charge in [-0.1, -0.05) is 29.0 Å². The van der Waals surface area contributed by atoms with E-state index in [2.05, 4.69) is 5.32 Å². The van der Waals surface area contributed by atoms with Gasteiger partial charge in [-0.3, -0.25) is 9.11 Å². The van der Waals surface area contributed by atoms with E-state index in [0.29, 0.717) is 23.5 Å². The van der Waals surface area contributed by atoms with Crippen molar-refractivity contribution in [1.29, 1.82) is 0 Å². The highest BCUT2D eigenvalue weighted by Gasteiger charge is 2.41. The van der Waals surface area contributed by atoms with Crippen LogP contribution in [0.15, 0.2) is 48.5 Å². The molecule has 5 nitrogen and oxygen atoms in total. The van der Waals surface area contributed by atoms with E-state index in [9.17, 15) is 13.5 Å². The minimum Gasteiger partial charge on any atom is -0.467 e. The lowest BCUT2D eigenvalue weighted by molar-refractivity contribution is 0.235. The Bertz CT molecular complexity index is 706. The van der Waals surface area contributed by atoms with Crippen molar-refractivity contribution in [3.63, 3.8) is 0 Å². The van der Waals surface area contributed by atoms with Crippen molar-refractivity contribution in [3.05, 3.63) is 54.3 Å². The number of nitrogens with one attached hydrogen (secondary N) is 1. The average Bonchev–Trinajstić information content (AvgIpc) is 2.56. The fraction of sp³-hybridized carbons (Fsp3) is 0.294. The Morgan fingerprint density at radius 2 is 1.92 bits per heavy atom. The zero-order valence-electron chi connectivity index (χ0n) is 13.8. The number of rotatable bonds is 5. The van der Waals surface area contributed by atoms with Gasteiger partial charge in [-0.05, 0) is 44.3 Å². The highest BCUT2D eigenvalue weighted by atomic mass is 35.5. The standard InChI is InChI=1S/C17H21FN2O3S.ClH/c1-19-11-5-8-17-23-16-10-9-13(18)12-15(16)20(24(17,21)22)14-6-3-2-4-7-14;/h2-4,6-7,9-10,12,17,19,21-22H,5,8,11H2,1H3;1H. The predicted octanol–water partition coefficient (Wildman–Crippen LogP) is 4.77. The minimum absolute atomic E-state index is 0. The first-order chi connectivity index (χ1) is 11.5. The Hall–Kier alpha value is -1.51. The minimum atomic E-state index is -3.31. The normalized spacial score (nSPS) is 19.4. The summed E-state index contributed by atoms with van der Waals surface area (Å²) >= 11 is 0. The summed E-state index contributed by atoms with van der Waals surface area (Å²) in [4.78, 5) is 0. The van der Waals surface area contributed by atoms with Crippen LogP contribution >= 0.6 is 23.2 Å². The summed E-state index contributed by atoms with van der Waals surface area (Å²) in [6, 6.07) is 13.1. The molecule has 138 valence electrons. The van der Waals surface area contributed by atoms with Crippen LogP contribution in [0.1, 0.15) is 12.8 Å². The smallest absolute Gasteiger partial charge is 0.206 e. The largest absolute Gasteiger partial charge is 0.467 e. The van der Waals surface area contributed by atoms with Crippen LogP contribution < -0.4 is 14.4 Å². The predicted molar refractivity (Wildman–Crippen MR) is 103 cm³/mol. The van der Waals surface area contributed by atoms with Crippen molar-refractivity contribution >= 4 is 34.6 Å². The van der Waals surface area contributed by atoms with Gasteiger partial charge in [-0.2, -0.15) is 0 Å². The molecule has 2 aromatic carbocycles. The summed E-state index contributed by atoms with van der Waals surface area (Å²) in [6.45, 7) is 0.747. The van der Waals surface area contributed by atoms with Gasteiger partial charge in [0.1, 0.15) is 17.3 Å². The summed E-state index contributed by atoms with van der Waals surface area (Å²) in [5.41, 5.74) is 0.140. The van der Waals surface area contributed by atoms with Gasteiger partial charge in [-0.25, -0.2) is 8.70 Å². The third-order valence-electron chi connectivity index (χ3n) is 3.88. The molecule has 0 amide bonds. The second-order valence-corrected chi connectivity index (χ2v) is 7.61. The summed E-state index contributed by atoms with van der Waals surface area (Å²) < 4.78 is 42.7. The molecule has 1 aliphatic heterocycles. The van der Waals surface area contributed by atoms with Crippen molar-refractivity contribution in [1.82, 2.24) is 5.32 Å². The van der Waals surface area contributed by atoms with E-state index in [1.54, 1.807) is 24.3 Å². The second-order valence-electron chi connectivity index (χ2n) is 5.60. The number of benzene rings is 2. The van der Waals surface area contributed by atoms with Gasteiger partial charge in [-0.15, -0.1) is 12.4 Å². The molecule has 0 spiro atoms. The van der Waals surface area contributed by atoms with Gasteiger partial charge in [0.05, 0.1) is 5.69 Å². The molecule has 0 radical (unpaired) electrons. The van der Waals surface area contributed by atoms with Crippen molar-refractivity contribution in [2.45, 2.75) is 18.3 Å². The molecule has 8 heteroatoms. The molecule has 25 heavy (non-hydrogen) atoms. The molecule has 3 N–H and O–H groups in total. The Balaban J connectivity index is 0.00000225. The Morgan fingerprint density at radius 3 is 2.60 bits per heavy atom. The molecular weight excluding hydrogens is 367 g/mol. The SMILES string of the molecule is CNCCCC1Oc2ccc(F)cc2N(c2ccccc2)S1(O)O.Cl. The van der Waals surface area contributed by atoms with Crippen molar-refractivity contribution in [3.8, 4) is 5.75 Å². The van der Waals surface area contributed by atoms with Crippen LogP contribution in [-0.4, -0.2) is 28.1 Å². The van der Waals surface area contributed by atoms with E-state index in [4.69, 9.17) is 4.74 Å². The molecule has 1 atom stereocenters. The van der Waals surface area contributed by atoms with E-state index in [-0.39, 0.29) is 12.4 Å². The fourth-order valence-electron chi connectivity index (χ4n) is 2.74. The van der Waals surface area contributed by atoms with Gasteiger partial charge in [0.25, 0.3) is 0 Å². The van der Waals surface area contributed by atoms with E-state index in [1.807, 2.05) is 13.1 Å². The van der Waals surface area contributed by atoms with E-state index in [1.165, 1.54) is 22.5 Å². The molecule has 0 saturated carbocycles. The van der Waals surface area contributed by atoms with Crippen LogP contribution in [0.3, 0.4) is 0 Å². The number of fused-ring (bicyclic) bond motifs is 1. The quantitative estimate of drug-likeness (QED) is 0.644. The fourth-order valence-corrected chi connectivity index (χ4v) is 4.55. The molecule has 0 bridgehead atoms. The topological polar surface area (TPSA) is 65.0 Å². The molecule has 1 heterocycles. The van der Waals surface area contributed by atoms with Crippen LogP contribution in [0, 0.1) is 5.82 Å². The highest BCUT2D eigenvalue weighted by Crippen LogP contribution is 2.61. The average molecular weight is 389 g/mol. The number of hydrogen-bond acceptors (Lipinski definition) is 5. The lowest BCUT2D eigenvalue weighted by Crippen LogP contribution is -2.39. The molecule has 0 fully saturated rings. The molecule has 2 aromatic rings. The van der Waals surface area contributed by atoms with Crippen LogP contribution in [-0.2, 0) is 0 Å². The third kappa shape index (κ3) is 4.02. The first-order valence-corrected chi connectivity index (χ1v) is 9.34. The molecular formula is C17H22ClFN2O3S. The second kappa shape index (κ2) is 8.25. The van der Waals surface area contributed by atoms with Crippen LogP contribution in [0.25, 0.3) is 0 Å². The van der Waals surface area contributed by atoms with E-state index >= 15 is 0 Å². The van der Waals surface area contributed by atoms with Crippen molar-refractivity contribution in [2.24, 2.45) is 0 Å². The summed E-state index contributed by atoms with van der Waals surface area (Å²) in [5, 5.41) is 3.03. The monoisotopic (exact) mass is 388 g/mol. The summed E-state index contributed by atoms with van der Waals surface area (Å²) in [6.07, 6.45) is 1.21. The van der Waals surface area contributed by atoms with Gasteiger partial charge < -0.3 is 10.1 Å². The van der Waals surface area contributed by atoms with Gasteiger partial charge in [0.2, 0.25) is 5.44 Å². The molecule has 0 aromatic heterocycles. The van der Waals surface area contributed by atoms with E-state index < -0.39 is 22.0 Å². The summed E-state index contributed by atoms with van der Waals surface area (Å²) in [7, 11) is -1.47. The highest BCUT2D eigenvalue weighted by molar-refractivity contribution is 8.26. The first-order valence-electron chi connectivity index (χ1n) is 7.77. The number of para-hydroxylation sites is 1. The maximum atomic E-state index is 13.7. The van der Waals surface area contributed by atoms with Gasteiger partial charge in [0, 0.05) is 12.5 Å². The number of nitrogens with zero attached hydrogens (tertiary/aromatic N) is 1. The lowest BCUT2D eigenvalue weighted by atomic mass is 10.2. The maximum absolute atomic E-state index is 13.7. The Kier molecular flexibility index (Phi) is 6.53. The van der Waals surface area contributed by atoms with E-state index in [0.717, 1.165) is 13.0 Å². The molecule has 3 rings (SSSR count). The van der Waals surface area contributed by atoms with Crippen molar-refractivity contribution < 1.29 is 18.2 Å². The number of anilines is 2. The molecule has 0 aliphatic carbocycles. The molecule has 0 saturated heterocycles. The molecule has 1 aliphatic rings. The van der Waals surface area contributed by atoms with Crippen LogP contribution in [0.2, 0.25) is 0 Å². The zero-order chi connectivity index (χ0) is 17.2. The lowest BCUT2D eigenvalue weighted by Gasteiger charge is -2.51. The Morgan fingerprint density at radius 1 is 1.20 bits per heavy atom. The maximum Gasteiger partial charge on any atom is 0.206 e. The third-order valence-corrected chi connectivity index (χ3v) is 5.86. The number of hydrogen-bond donors (Lipinski definition) is 3. The Labute approximate surface area is 154 Å².